The van der Waals surface area contributed by atoms with E-state index < -0.39 is 0 Å². The molecule has 0 aliphatic heterocycles. The Labute approximate surface area is 114 Å². The van der Waals surface area contributed by atoms with Gasteiger partial charge < -0.3 is 19.9 Å². The average Bonchev–Trinajstić information content (AvgIpc) is 2.34. The van der Waals surface area contributed by atoms with Gasteiger partial charge in [-0.15, -0.1) is 0 Å². The molecule has 1 aliphatic carbocycles. The van der Waals surface area contributed by atoms with E-state index in [1.165, 1.54) is 0 Å². The zero-order chi connectivity index (χ0) is 14.0. The molecule has 1 aromatic rings. The van der Waals surface area contributed by atoms with Crippen LogP contribution in [0.1, 0.15) is 38.7 Å². The SMILES string of the molecule is COc1ccc(C2(N)CCC2)c(OC(C)C)c1OC. The molecule has 2 rings (SSSR count). The topological polar surface area (TPSA) is 53.7 Å². The van der Waals surface area contributed by atoms with E-state index in [0.29, 0.717) is 11.5 Å². The second-order valence-corrected chi connectivity index (χ2v) is 5.35. The third-order valence-corrected chi connectivity index (χ3v) is 3.64. The van der Waals surface area contributed by atoms with Crippen molar-refractivity contribution in [1.29, 1.82) is 0 Å². The number of rotatable bonds is 5. The Morgan fingerprint density at radius 3 is 2.21 bits per heavy atom. The third kappa shape index (κ3) is 2.50. The molecule has 19 heavy (non-hydrogen) atoms. The summed E-state index contributed by atoms with van der Waals surface area (Å²) in [6.45, 7) is 3.99. The summed E-state index contributed by atoms with van der Waals surface area (Å²) in [4.78, 5) is 0. The van der Waals surface area contributed by atoms with Crippen LogP contribution >= 0.6 is 0 Å². The van der Waals surface area contributed by atoms with Crippen LogP contribution < -0.4 is 19.9 Å². The zero-order valence-electron chi connectivity index (χ0n) is 12.2. The van der Waals surface area contributed by atoms with Crippen molar-refractivity contribution in [2.45, 2.75) is 44.8 Å². The molecule has 1 aliphatic rings. The Bertz CT molecular complexity index is 453. The van der Waals surface area contributed by atoms with E-state index in [1.54, 1.807) is 14.2 Å². The Balaban J connectivity index is 2.53. The molecule has 2 N–H and O–H groups in total. The number of hydrogen-bond acceptors (Lipinski definition) is 4. The highest BCUT2D eigenvalue weighted by Gasteiger charge is 2.38. The first kappa shape index (κ1) is 14.0. The standard InChI is InChI=1S/C15H23NO3/c1-10(2)19-13-11(15(16)8-5-9-15)6-7-12(17-3)14(13)18-4/h6-7,10H,5,8-9,16H2,1-4H3. The molecule has 0 aromatic heterocycles. The van der Waals surface area contributed by atoms with Crippen molar-refractivity contribution in [3.8, 4) is 17.2 Å². The molecular weight excluding hydrogens is 242 g/mol. The van der Waals surface area contributed by atoms with Gasteiger partial charge in [-0.3, -0.25) is 0 Å². The molecule has 0 bridgehead atoms. The van der Waals surface area contributed by atoms with Crippen LogP contribution in [-0.4, -0.2) is 20.3 Å². The van der Waals surface area contributed by atoms with Crippen molar-refractivity contribution in [1.82, 2.24) is 0 Å². The smallest absolute Gasteiger partial charge is 0.203 e. The number of benzene rings is 1. The Kier molecular flexibility index (Phi) is 3.90. The highest BCUT2D eigenvalue weighted by atomic mass is 16.5. The van der Waals surface area contributed by atoms with Crippen LogP contribution in [0.4, 0.5) is 0 Å². The molecule has 4 nitrogen and oxygen atoms in total. The lowest BCUT2D eigenvalue weighted by atomic mass is 9.72. The molecule has 0 radical (unpaired) electrons. The predicted octanol–water partition coefficient (Wildman–Crippen LogP) is 2.83. The summed E-state index contributed by atoms with van der Waals surface area (Å²) in [6, 6.07) is 3.90. The lowest BCUT2D eigenvalue weighted by molar-refractivity contribution is 0.199. The normalized spacial score (nSPS) is 16.9. The minimum atomic E-state index is -0.288. The molecule has 0 heterocycles. The first-order valence-corrected chi connectivity index (χ1v) is 6.73. The van der Waals surface area contributed by atoms with Gasteiger partial charge in [0.2, 0.25) is 5.75 Å². The summed E-state index contributed by atoms with van der Waals surface area (Å²) in [5.74, 6) is 2.02. The van der Waals surface area contributed by atoms with Gasteiger partial charge in [0.1, 0.15) is 0 Å². The van der Waals surface area contributed by atoms with Crippen LogP contribution in [0.2, 0.25) is 0 Å². The van der Waals surface area contributed by atoms with Crippen LogP contribution in [0.3, 0.4) is 0 Å². The maximum Gasteiger partial charge on any atom is 0.203 e. The minimum Gasteiger partial charge on any atom is -0.493 e. The van der Waals surface area contributed by atoms with Crippen LogP contribution in [-0.2, 0) is 5.54 Å². The van der Waals surface area contributed by atoms with Gasteiger partial charge in [-0.1, -0.05) is 0 Å². The summed E-state index contributed by atoms with van der Waals surface area (Å²) < 4.78 is 16.7. The van der Waals surface area contributed by atoms with Crippen molar-refractivity contribution < 1.29 is 14.2 Å². The Morgan fingerprint density at radius 1 is 1.11 bits per heavy atom. The quantitative estimate of drug-likeness (QED) is 0.889. The molecule has 0 unspecified atom stereocenters. The molecule has 0 atom stereocenters. The molecule has 0 amide bonds. The fourth-order valence-corrected chi connectivity index (χ4v) is 2.47. The lowest BCUT2D eigenvalue weighted by Crippen LogP contribution is -2.43. The Hall–Kier alpha value is -1.42. The number of ether oxygens (including phenoxy) is 3. The fourth-order valence-electron chi connectivity index (χ4n) is 2.47. The molecule has 0 saturated heterocycles. The van der Waals surface area contributed by atoms with Gasteiger partial charge in [-0.25, -0.2) is 0 Å². The molecule has 1 saturated carbocycles. The Morgan fingerprint density at radius 2 is 1.79 bits per heavy atom. The first-order valence-electron chi connectivity index (χ1n) is 6.73. The lowest BCUT2D eigenvalue weighted by Gasteiger charge is -2.40. The van der Waals surface area contributed by atoms with Gasteiger partial charge in [0.25, 0.3) is 0 Å². The average molecular weight is 265 g/mol. The van der Waals surface area contributed by atoms with Crippen LogP contribution in [0.25, 0.3) is 0 Å². The summed E-state index contributed by atoms with van der Waals surface area (Å²) in [5, 5.41) is 0. The highest BCUT2D eigenvalue weighted by Crippen LogP contribution is 2.49. The van der Waals surface area contributed by atoms with E-state index in [4.69, 9.17) is 19.9 Å². The van der Waals surface area contributed by atoms with E-state index in [9.17, 15) is 0 Å². The summed E-state index contributed by atoms with van der Waals surface area (Å²) >= 11 is 0. The van der Waals surface area contributed by atoms with Gasteiger partial charge in [0.15, 0.2) is 11.5 Å². The second-order valence-electron chi connectivity index (χ2n) is 5.35. The summed E-state index contributed by atoms with van der Waals surface area (Å²) in [5.41, 5.74) is 7.17. The second kappa shape index (κ2) is 5.29. The molecule has 106 valence electrons. The molecule has 1 aromatic carbocycles. The van der Waals surface area contributed by atoms with Crippen molar-refractivity contribution in [2.75, 3.05) is 14.2 Å². The number of nitrogens with two attached hydrogens (primary N) is 1. The van der Waals surface area contributed by atoms with Crippen molar-refractivity contribution in [3.05, 3.63) is 17.7 Å². The first-order chi connectivity index (χ1) is 9.01. The maximum absolute atomic E-state index is 6.44. The van der Waals surface area contributed by atoms with E-state index in [-0.39, 0.29) is 11.6 Å². The third-order valence-electron chi connectivity index (χ3n) is 3.64. The summed E-state index contributed by atoms with van der Waals surface area (Å²) in [6.07, 6.45) is 3.18. The maximum atomic E-state index is 6.44. The molecule has 0 spiro atoms. The van der Waals surface area contributed by atoms with E-state index in [2.05, 4.69) is 0 Å². The fraction of sp³-hybridized carbons (Fsp3) is 0.600. The molecular formula is C15H23NO3. The highest BCUT2D eigenvalue weighted by molar-refractivity contribution is 5.58. The van der Waals surface area contributed by atoms with Crippen molar-refractivity contribution in [2.24, 2.45) is 5.73 Å². The van der Waals surface area contributed by atoms with Crippen LogP contribution in [0.15, 0.2) is 12.1 Å². The number of methoxy groups -OCH3 is 2. The van der Waals surface area contributed by atoms with Gasteiger partial charge in [-0.2, -0.15) is 0 Å². The van der Waals surface area contributed by atoms with Crippen LogP contribution in [0.5, 0.6) is 17.2 Å². The van der Waals surface area contributed by atoms with Crippen molar-refractivity contribution in [3.63, 3.8) is 0 Å². The number of hydrogen-bond donors (Lipinski definition) is 1. The van der Waals surface area contributed by atoms with E-state index >= 15 is 0 Å². The van der Waals surface area contributed by atoms with Crippen molar-refractivity contribution >= 4 is 0 Å². The van der Waals surface area contributed by atoms with Gasteiger partial charge in [0.05, 0.1) is 20.3 Å². The van der Waals surface area contributed by atoms with Gasteiger partial charge in [-0.05, 0) is 45.2 Å². The van der Waals surface area contributed by atoms with Gasteiger partial charge in [0, 0.05) is 11.1 Å². The zero-order valence-corrected chi connectivity index (χ0v) is 12.2. The molecule has 4 heteroatoms. The van der Waals surface area contributed by atoms with Crippen LogP contribution in [0, 0.1) is 0 Å². The van der Waals surface area contributed by atoms with Gasteiger partial charge >= 0.3 is 0 Å². The summed E-state index contributed by atoms with van der Waals surface area (Å²) in [7, 11) is 3.25. The monoisotopic (exact) mass is 265 g/mol. The largest absolute Gasteiger partial charge is 0.493 e. The predicted molar refractivity (Wildman–Crippen MR) is 75.0 cm³/mol. The van der Waals surface area contributed by atoms with E-state index in [1.807, 2.05) is 26.0 Å². The van der Waals surface area contributed by atoms with E-state index in [0.717, 1.165) is 30.6 Å². The minimum absolute atomic E-state index is 0.0587. The molecule has 1 fully saturated rings.